The molecule has 0 amide bonds. The molecular formula is C14H9NO5S. The van der Waals surface area contributed by atoms with E-state index in [1.54, 1.807) is 19.1 Å². The number of furan rings is 1. The van der Waals surface area contributed by atoms with E-state index >= 15 is 0 Å². The van der Waals surface area contributed by atoms with Gasteiger partial charge in [-0.25, -0.2) is 4.98 Å². The first-order valence-electron chi connectivity index (χ1n) is 6.13. The SMILES string of the molecule is Cc1nc2cc3oc4ccc(S(=O)(=O)O)cc4c3cc2o1. The molecule has 6 nitrogen and oxygen atoms in total. The second-order valence-corrected chi connectivity index (χ2v) is 6.21. The fourth-order valence-corrected chi connectivity index (χ4v) is 2.96. The predicted molar refractivity (Wildman–Crippen MR) is 75.8 cm³/mol. The van der Waals surface area contributed by atoms with Crippen LogP contribution in [0.1, 0.15) is 5.89 Å². The summed E-state index contributed by atoms with van der Waals surface area (Å²) in [4.78, 5) is 4.05. The number of fused-ring (bicyclic) bond motifs is 4. The van der Waals surface area contributed by atoms with Gasteiger partial charge in [0.2, 0.25) is 0 Å². The van der Waals surface area contributed by atoms with Crippen molar-refractivity contribution in [1.29, 1.82) is 0 Å². The lowest BCUT2D eigenvalue weighted by Gasteiger charge is -1.96. The van der Waals surface area contributed by atoms with Crippen molar-refractivity contribution in [2.24, 2.45) is 0 Å². The number of rotatable bonds is 1. The number of aromatic nitrogens is 1. The Labute approximate surface area is 118 Å². The highest BCUT2D eigenvalue weighted by Crippen LogP contribution is 2.33. The molecule has 0 atom stereocenters. The van der Waals surface area contributed by atoms with Crippen LogP contribution in [-0.2, 0) is 10.1 Å². The smallest absolute Gasteiger partial charge is 0.294 e. The van der Waals surface area contributed by atoms with Gasteiger partial charge in [0.1, 0.15) is 16.7 Å². The number of hydrogen-bond acceptors (Lipinski definition) is 5. The van der Waals surface area contributed by atoms with Gasteiger partial charge in [0, 0.05) is 23.8 Å². The Balaban J connectivity index is 2.14. The summed E-state index contributed by atoms with van der Waals surface area (Å²) in [6, 6.07) is 7.69. The fourth-order valence-electron chi connectivity index (χ4n) is 2.45. The van der Waals surface area contributed by atoms with Crippen LogP contribution in [0.3, 0.4) is 0 Å². The van der Waals surface area contributed by atoms with Crippen molar-refractivity contribution in [3.05, 3.63) is 36.2 Å². The molecule has 1 N–H and O–H groups in total. The molecule has 106 valence electrons. The lowest BCUT2D eigenvalue weighted by molar-refractivity contribution is 0.483. The van der Waals surface area contributed by atoms with Crippen LogP contribution in [0.5, 0.6) is 0 Å². The van der Waals surface area contributed by atoms with Gasteiger partial charge in [0.05, 0.1) is 4.90 Å². The Kier molecular flexibility index (Phi) is 2.26. The van der Waals surface area contributed by atoms with Gasteiger partial charge in [-0.05, 0) is 24.3 Å². The molecule has 0 fully saturated rings. The topological polar surface area (TPSA) is 93.5 Å². The number of nitrogens with zero attached hydrogens (tertiary/aromatic N) is 1. The summed E-state index contributed by atoms with van der Waals surface area (Å²) in [5.41, 5.74) is 2.38. The maximum atomic E-state index is 11.2. The molecule has 21 heavy (non-hydrogen) atoms. The average Bonchev–Trinajstić information content (AvgIpc) is 2.92. The molecule has 2 aromatic heterocycles. The molecule has 2 heterocycles. The van der Waals surface area contributed by atoms with E-state index in [1.165, 1.54) is 18.2 Å². The van der Waals surface area contributed by atoms with Crippen molar-refractivity contribution in [3.8, 4) is 0 Å². The summed E-state index contributed by atoms with van der Waals surface area (Å²) in [6.45, 7) is 1.75. The first-order chi connectivity index (χ1) is 9.91. The number of benzene rings is 2. The summed E-state index contributed by atoms with van der Waals surface area (Å²) < 4.78 is 42.8. The minimum Gasteiger partial charge on any atom is -0.456 e. The highest BCUT2D eigenvalue weighted by Gasteiger charge is 2.15. The number of aryl methyl sites for hydroxylation is 1. The van der Waals surface area contributed by atoms with E-state index in [4.69, 9.17) is 13.4 Å². The molecule has 0 aliphatic rings. The zero-order valence-electron chi connectivity index (χ0n) is 10.8. The molecule has 0 saturated heterocycles. The third-order valence-corrected chi connectivity index (χ3v) is 4.21. The van der Waals surface area contributed by atoms with Crippen LogP contribution in [0.2, 0.25) is 0 Å². The maximum Gasteiger partial charge on any atom is 0.294 e. The molecule has 7 heteroatoms. The Bertz CT molecular complexity index is 1120. The molecule has 0 spiro atoms. The van der Waals surface area contributed by atoms with Gasteiger partial charge in [0.25, 0.3) is 10.1 Å². The predicted octanol–water partition coefficient (Wildman–Crippen LogP) is 3.28. The Morgan fingerprint density at radius 1 is 1.00 bits per heavy atom. The summed E-state index contributed by atoms with van der Waals surface area (Å²) in [5, 5.41) is 1.30. The van der Waals surface area contributed by atoms with Crippen LogP contribution >= 0.6 is 0 Å². The van der Waals surface area contributed by atoms with Crippen LogP contribution < -0.4 is 0 Å². The van der Waals surface area contributed by atoms with Crippen LogP contribution in [-0.4, -0.2) is 18.0 Å². The normalized spacial score (nSPS) is 12.7. The zero-order valence-corrected chi connectivity index (χ0v) is 11.6. The highest BCUT2D eigenvalue weighted by molar-refractivity contribution is 7.85. The van der Waals surface area contributed by atoms with Crippen LogP contribution in [0.15, 0.2) is 44.1 Å². The van der Waals surface area contributed by atoms with Crippen LogP contribution in [0.25, 0.3) is 33.0 Å². The van der Waals surface area contributed by atoms with Gasteiger partial charge in [0.15, 0.2) is 11.5 Å². The van der Waals surface area contributed by atoms with Crippen molar-refractivity contribution in [2.45, 2.75) is 11.8 Å². The van der Waals surface area contributed by atoms with Crippen LogP contribution in [0, 0.1) is 6.92 Å². The van der Waals surface area contributed by atoms with Crippen LogP contribution in [0.4, 0.5) is 0 Å². The van der Waals surface area contributed by atoms with Crippen molar-refractivity contribution < 1.29 is 21.8 Å². The number of hydrogen-bond donors (Lipinski definition) is 1. The minimum absolute atomic E-state index is 0.174. The third kappa shape index (κ3) is 1.82. The van der Waals surface area contributed by atoms with E-state index in [0.717, 1.165) is 0 Å². The van der Waals surface area contributed by atoms with E-state index in [0.29, 0.717) is 38.9 Å². The van der Waals surface area contributed by atoms with E-state index in [-0.39, 0.29) is 4.90 Å². The Morgan fingerprint density at radius 3 is 2.52 bits per heavy atom. The zero-order chi connectivity index (χ0) is 14.8. The number of oxazole rings is 1. The first kappa shape index (κ1) is 12.4. The maximum absolute atomic E-state index is 11.2. The van der Waals surface area contributed by atoms with Gasteiger partial charge in [-0.1, -0.05) is 0 Å². The third-order valence-electron chi connectivity index (χ3n) is 3.36. The minimum atomic E-state index is -4.26. The lowest BCUT2D eigenvalue weighted by Crippen LogP contribution is -1.96. The van der Waals surface area contributed by atoms with Crippen molar-refractivity contribution in [1.82, 2.24) is 4.98 Å². The van der Waals surface area contributed by atoms with E-state index < -0.39 is 10.1 Å². The molecule has 0 bridgehead atoms. The van der Waals surface area contributed by atoms with Crippen molar-refractivity contribution >= 4 is 43.2 Å². The van der Waals surface area contributed by atoms with E-state index in [1.807, 2.05) is 0 Å². The van der Waals surface area contributed by atoms with Gasteiger partial charge in [-0.2, -0.15) is 8.42 Å². The molecule has 4 aromatic rings. The summed E-state index contributed by atoms with van der Waals surface area (Å²) >= 11 is 0. The highest BCUT2D eigenvalue weighted by atomic mass is 32.2. The van der Waals surface area contributed by atoms with Crippen molar-refractivity contribution in [3.63, 3.8) is 0 Å². The largest absolute Gasteiger partial charge is 0.456 e. The Morgan fingerprint density at radius 2 is 1.76 bits per heavy atom. The summed E-state index contributed by atoms with van der Waals surface area (Å²) in [6.07, 6.45) is 0. The van der Waals surface area contributed by atoms with E-state index in [9.17, 15) is 8.42 Å². The molecule has 0 saturated carbocycles. The lowest BCUT2D eigenvalue weighted by atomic mass is 10.1. The van der Waals surface area contributed by atoms with Gasteiger partial charge in [-0.3, -0.25) is 4.55 Å². The van der Waals surface area contributed by atoms with Gasteiger partial charge in [-0.15, -0.1) is 0 Å². The molecule has 0 unspecified atom stereocenters. The molecule has 0 radical (unpaired) electrons. The molecule has 0 aliphatic carbocycles. The molecule has 2 aromatic carbocycles. The Hall–Kier alpha value is -2.38. The fraction of sp³-hybridized carbons (Fsp3) is 0.0714. The average molecular weight is 303 g/mol. The monoisotopic (exact) mass is 303 g/mol. The molecule has 4 rings (SSSR count). The quantitative estimate of drug-likeness (QED) is 0.542. The summed E-state index contributed by atoms with van der Waals surface area (Å²) in [5.74, 6) is 0.542. The van der Waals surface area contributed by atoms with E-state index in [2.05, 4.69) is 4.98 Å². The second-order valence-electron chi connectivity index (χ2n) is 4.78. The first-order valence-corrected chi connectivity index (χ1v) is 7.57. The second kappa shape index (κ2) is 3.84. The standard InChI is InChI=1S/C14H9NO5S/c1-7-15-11-6-13-10(5-14(11)19-7)9-4-8(21(16,17)18)2-3-12(9)20-13/h2-6H,1H3,(H,16,17,18). The van der Waals surface area contributed by atoms with Gasteiger partial charge < -0.3 is 8.83 Å². The molecule has 0 aliphatic heterocycles. The summed E-state index contributed by atoms with van der Waals surface area (Å²) in [7, 11) is -4.26. The van der Waals surface area contributed by atoms with Crippen molar-refractivity contribution in [2.75, 3.05) is 0 Å². The van der Waals surface area contributed by atoms with Gasteiger partial charge >= 0.3 is 0 Å². The molecular weight excluding hydrogens is 294 g/mol.